The van der Waals surface area contributed by atoms with Crippen molar-refractivity contribution in [1.82, 2.24) is 0 Å². The van der Waals surface area contributed by atoms with Gasteiger partial charge in [-0.25, -0.2) is 17.9 Å². The number of primary sulfonamides is 1. The first kappa shape index (κ1) is 19.5. The van der Waals surface area contributed by atoms with Gasteiger partial charge in [0.2, 0.25) is 10.0 Å². The van der Waals surface area contributed by atoms with Crippen LogP contribution in [0.1, 0.15) is 12.5 Å². The van der Waals surface area contributed by atoms with Crippen molar-refractivity contribution in [1.29, 1.82) is 0 Å². The zero-order chi connectivity index (χ0) is 18.8. The Morgan fingerprint density at radius 1 is 1.28 bits per heavy atom. The van der Waals surface area contributed by atoms with Crippen LogP contribution >= 0.6 is 11.6 Å². The van der Waals surface area contributed by atoms with Gasteiger partial charge in [-0.3, -0.25) is 8.51 Å². The average molecular weight is 404 g/mol. The minimum absolute atomic E-state index is 0.0608. The molecule has 134 valence electrons. The number of sulfonamides is 1. The number of hydrogen-bond donors (Lipinski definition) is 1. The number of nitrogens with zero attached hydrogens (tertiary/aromatic N) is 1. The van der Waals surface area contributed by atoms with E-state index in [9.17, 15) is 21.6 Å². The van der Waals surface area contributed by atoms with Crippen LogP contribution < -0.4 is 9.44 Å². The monoisotopic (exact) mass is 403 g/mol. The van der Waals surface area contributed by atoms with Crippen molar-refractivity contribution in [2.75, 3.05) is 4.31 Å². The predicted molar refractivity (Wildman–Crippen MR) is 94.3 cm³/mol. The quantitative estimate of drug-likeness (QED) is 0.775. The molecule has 10 heteroatoms. The van der Waals surface area contributed by atoms with Gasteiger partial charge >= 0.3 is 0 Å². The molecule has 0 fully saturated rings. The Labute approximate surface area is 152 Å². The van der Waals surface area contributed by atoms with Crippen LogP contribution in [0.25, 0.3) is 6.08 Å². The third-order valence-corrected chi connectivity index (χ3v) is 5.14. The van der Waals surface area contributed by atoms with Crippen molar-refractivity contribution in [2.45, 2.75) is 11.8 Å². The fourth-order valence-electron chi connectivity index (χ4n) is 2.15. The highest BCUT2D eigenvalue weighted by Crippen LogP contribution is 2.32. The van der Waals surface area contributed by atoms with Gasteiger partial charge in [0.1, 0.15) is 16.4 Å². The summed E-state index contributed by atoms with van der Waals surface area (Å²) in [6.45, 7) is 1.39. The Morgan fingerprint density at radius 3 is 2.40 bits per heavy atom. The number of allylic oxidation sites excluding steroid dienone is 1. The van der Waals surface area contributed by atoms with E-state index >= 15 is 0 Å². The van der Waals surface area contributed by atoms with Gasteiger partial charge in [-0.05, 0) is 42.8 Å². The first-order valence-corrected chi connectivity index (χ1v) is 9.71. The van der Waals surface area contributed by atoms with Gasteiger partial charge in [0, 0.05) is 10.7 Å². The lowest BCUT2D eigenvalue weighted by Crippen LogP contribution is -2.27. The van der Waals surface area contributed by atoms with E-state index in [0.717, 1.165) is 18.2 Å². The van der Waals surface area contributed by atoms with Gasteiger partial charge in [-0.1, -0.05) is 29.8 Å². The second-order valence-electron chi connectivity index (χ2n) is 4.98. The number of nitrogens with two attached hydrogens (primary N) is 1. The van der Waals surface area contributed by atoms with Crippen molar-refractivity contribution < 1.29 is 21.6 Å². The number of hydrogen-bond acceptors (Lipinski definition) is 4. The van der Waals surface area contributed by atoms with Gasteiger partial charge < -0.3 is 4.55 Å². The lowest BCUT2D eigenvalue weighted by atomic mass is 10.2. The van der Waals surface area contributed by atoms with E-state index in [0.29, 0.717) is 14.9 Å². The molecular formula is C15H13ClFN2O4S2-. The van der Waals surface area contributed by atoms with E-state index < -0.39 is 37.7 Å². The van der Waals surface area contributed by atoms with Crippen LogP contribution in [-0.2, 0) is 21.3 Å². The number of halogens is 2. The highest BCUT2D eigenvalue weighted by molar-refractivity contribution is 7.89. The molecule has 1 unspecified atom stereocenters. The molecule has 1 atom stereocenters. The van der Waals surface area contributed by atoms with Crippen LogP contribution in [0.4, 0.5) is 10.1 Å². The van der Waals surface area contributed by atoms with Gasteiger partial charge in [0.15, 0.2) is 0 Å². The molecular weight excluding hydrogens is 391 g/mol. The van der Waals surface area contributed by atoms with Crippen LogP contribution in [0.15, 0.2) is 53.1 Å². The molecule has 25 heavy (non-hydrogen) atoms. The third-order valence-electron chi connectivity index (χ3n) is 3.17. The number of benzene rings is 2. The Kier molecular flexibility index (Phi) is 5.96. The van der Waals surface area contributed by atoms with Crippen LogP contribution in [0.3, 0.4) is 0 Å². The molecule has 2 rings (SSSR count). The molecule has 0 aliphatic carbocycles. The van der Waals surface area contributed by atoms with Gasteiger partial charge in [0.05, 0.1) is 11.3 Å². The molecule has 0 saturated heterocycles. The average Bonchev–Trinajstić information content (AvgIpc) is 2.50. The first-order valence-electron chi connectivity index (χ1n) is 6.76. The molecule has 0 aliphatic rings. The Morgan fingerprint density at radius 2 is 1.88 bits per heavy atom. The van der Waals surface area contributed by atoms with E-state index in [1.807, 2.05) is 0 Å². The SMILES string of the molecule is C/C(=C/c1ccc(Cl)cc1)N(c1c(F)cccc1S(N)(=O)=O)S(=O)[O-]. The van der Waals surface area contributed by atoms with Crippen molar-refractivity contribution in [3.8, 4) is 0 Å². The summed E-state index contributed by atoms with van der Waals surface area (Å²) in [5.41, 5.74) is -0.0162. The van der Waals surface area contributed by atoms with Crippen molar-refractivity contribution in [2.24, 2.45) is 5.14 Å². The number of rotatable bonds is 5. The molecule has 0 amide bonds. The zero-order valence-electron chi connectivity index (χ0n) is 12.8. The van der Waals surface area contributed by atoms with Crippen molar-refractivity contribution >= 4 is 44.7 Å². The van der Waals surface area contributed by atoms with E-state index in [2.05, 4.69) is 0 Å². The maximum Gasteiger partial charge on any atom is 0.240 e. The molecule has 0 aromatic heterocycles. The maximum absolute atomic E-state index is 14.3. The van der Waals surface area contributed by atoms with E-state index in [1.54, 1.807) is 24.3 Å². The summed E-state index contributed by atoms with van der Waals surface area (Å²) in [6.07, 6.45) is 1.44. The molecule has 0 bridgehead atoms. The minimum atomic E-state index is -4.35. The Hall–Kier alpha value is -1.78. The predicted octanol–water partition coefficient (Wildman–Crippen LogP) is 2.79. The normalized spacial score (nSPS) is 13.6. The maximum atomic E-state index is 14.3. The minimum Gasteiger partial charge on any atom is -0.755 e. The highest BCUT2D eigenvalue weighted by atomic mass is 35.5. The van der Waals surface area contributed by atoms with E-state index in [-0.39, 0.29) is 5.70 Å². The number of para-hydroxylation sites is 1. The first-order chi connectivity index (χ1) is 11.6. The topological polar surface area (TPSA) is 104 Å². The van der Waals surface area contributed by atoms with E-state index in [1.165, 1.54) is 13.0 Å². The van der Waals surface area contributed by atoms with Crippen LogP contribution in [0, 0.1) is 5.82 Å². The fourth-order valence-corrected chi connectivity index (χ4v) is 3.68. The molecule has 0 radical (unpaired) electrons. The molecule has 0 saturated carbocycles. The summed E-state index contributed by atoms with van der Waals surface area (Å²) in [7, 11) is -4.35. The molecule has 6 nitrogen and oxygen atoms in total. The summed E-state index contributed by atoms with van der Waals surface area (Å²) < 4.78 is 61.6. The fraction of sp³-hybridized carbons (Fsp3) is 0.0667. The van der Waals surface area contributed by atoms with Crippen LogP contribution in [-0.4, -0.2) is 17.2 Å². The summed E-state index contributed by atoms with van der Waals surface area (Å²) in [5, 5.41) is 5.57. The molecule has 2 aromatic rings. The third kappa shape index (κ3) is 4.65. The molecule has 0 aliphatic heterocycles. The standard InChI is InChI=1S/C15H14ClFN2O4S2/c1-10(9-11-5-7-12(16)8-6-11)19(24(20)21)15-13(17)3-2-4-14(15)25(18,22)23/h2-9H,1H3,(H,20,21)(H2,18,22,23)/p-1/b10-9-. The van der Waals surface area contributed by atoms with Gasteiger partial charge in [0.25, 0.3) is 0 Å². The summed E-state index contributed by atoms with van der Waals surface area (Å²) >= 11 is 2.80. The van der Waals surface area contributed by atoms with Crippen molar-refractivity contribution in [3.63, 3.8) is 0 Å². The Balaban J connectivity index is 2.64. The molecule has 0 spiro atoms. The second kappa shape index (κ2) is 7.63. The molecule has 0 heterocycles. The molecule has 2 N–H and O–H groups in total. The van der Waals surface area contributed by atoms with Crippen molar-refractivity contribution in [3.05, 3.63) is 64.6 Å². The van der Waals surface area contributed by atoms with Gasteiger partial charge in [-0.2, -0.15) is 0 Å². The summed E-state index contributed by atoms with van der Waals surface area (Å²) in [4.78, 5) is -0.638. The number of anilines is 1. The second-order valence-corrected chi connectivity index (χ2v) is 7.75. The zero-order valence-corrected chi connectivity index (χ0v) is 15.2. The summed E-state index contributed by atoms with van der Waals surface area (Å²) in [6, 6.07) is 9.54. The smallest absolute Gasteiger partial charge is 0.240 e. The van der Waals surface area contributed by atoms with Gasteiger partial charge in [-0.15, -0.1) is 0 Å². The largest absolute Gasteiger partial charge is 0.755 e. The summed E-state index contributed by atoms with van der Waals surface area (Å²) in [5.74, 6) is -1.04. The highest BCUT2D eigenvalue weighted by Gasteiger charge is 2.24. The lowest BCUT2D eigenvalue weighted by molar-refractivity contribution is 0.533. The molecule has 2 aromatic carbocycles. The van der Waals surface area contributed by atoms with E-state index in [4.69, 9.17) is 16.7 Å². The van der Waals surface area contributed by atoms with Crippen LogP contribution in [0.2, 0.25) is 5.02 Å². The van der Waals surface area contributed by atoms with Crippen LogP contribution in [0.5, 0.6) is 0 Å². The Bertz CT molecular complexity index is 947. The lowest BCUT2D eigenvalue weighted by Gasteiger charge is -2.28.